The molecule has 0 bridgehead atoms. The van der Waals surface area contributed by atoms with E-state index < -0.39 is 5.60 Å². The van der Waals surface area contributed by atoms with Crippen LogP contribution in [0.25, 0.3) is 0 Å². The Morgan fingerprint density at radius 3 is 1.17 bits per heavy atom. The number of hydrogen-bond acceptors (Lipinski definition) is 16. The molecular weight excluding hydrogens is 760 g/mol. The first-order chi connectivity index (χ1) is 28.2. The second-order valence-electron chi connectivity index (χ2n) is 13.6. The summed E-state index contributed by atoms with van der Waals surface area (Å²) < 4.78 is 70.9. The molecule has 0 fully saturated rings. The molecule has 0 atom stereocenters. The standard InChI is InChI=1S/C41H74N2O15/c1-6-7-12-42-38-10-8-37(9-11-38)39(44)57-36-35-56-34-33-55-32-31-54-30-29-53-28-27-52-26-25-51-24-23-50-22-21-49-20-19-48-18-17-47-16-15-46-14-13-43(5)40(45)58-41(2,3)4/h8-11,42H,6-7,12-36H2,1-5H3. The van der Waals surface area contributed by atoms with Crippen LogP contribution in [0.1, 0.15) is 50.9 Å². The maximum absolute atomic E-state index is 12.1. The molecular formula is C41H74N2O15. The normalized spacial score (nSPS) is 11.5. The van der Waals surface area contributed by atoms with E-state index in [2.05, 4.69) is 12.2 Å². The summed E-state index contributed by atoms with van der Waals surface area (Å²) in [7, 11) is 1.68. The first-order valence-corrected chi connectivity index (χ1v) is 20.5. The van der Waals surface area contributed by atoms with Crippen molar-refractivity contribution in [3.63, 3.8) is 0 Å². The Morgan fingerprint density at radius 2 is 0.845 bits per heavy atom. The molecule has 0 radical (unpaired) electrons. The van der Waals surface area contributed by atoms with Gasteiger partial charge in [0.15, 0.2) is 0 Å². The van der Waals surface area contributed by atoms with Crippen LogP contribution in [0.3, 0.4) is 0 Å². The number of hydrogen-bond donors (Lipinski definition) is 1. The third-order valence-corrected chi connectivity index (χ3v) is 7.44. The number of ether oxygens (including phenoxy) is 13. The summed E-state index contributed by atoms with van der Waals surface area (Å²) in [5.74, 6) is -0.366. The molecule has 0 aliphatic carbocycles. The highest BCUT2D eigenvalue weighted by molar-refractivity contribution is 5.89. The highest BCUT2D eigenvalue weighted by Crippen LogP contribution is 2.11. The van der Waals surface area contributed by atoms with Crippen LogP contribution in [-0.4, -0.2) is 195 Å². The van der Waals surface area contributed by atoms with Crippen LogP contribution in [0.5, 0.6) is 0 Å². The van der Waals surface area contributed by atoms with Crippen LogP contribution in [-0.2, 0) is 61.6 Å². The number of nitrogens with one attached hydrogen (secondary N) is 1. The van der Waals surface area contributed by atoms with Crippen molar-refractivity contribution in [1.82, 2.24) is 4.90 Å². The van der Waals surface area contributed by atoms with Gasteiger partial charge in [0.1, 0.15) is 12.2 Å². The summed E-state index contributed by atoms with van der Waals surface area (Å²) >= 11 is 0. The zero-order chi connectivity index (χ0) is 42.2. The molecule has 0 aromatic heterocycles. The Labute approximate surface area is 346 Å². The summed E-state index contributed by atoms with van der Waals surface area (Å²) in [4.78, 5) is 25.5. The molecule has 1 rings (SSSR count). The van der Waals surface area contributed by atoms with Crippen LogP contribution in [0.15, 0.2) is 24.3 Å². The molecule has 1 N–H and O–H groups in total. The maximum Gasteiger partial charge on any atom is 0.410 e. The third kappa shape index (κ3) is 35.3. The monoisotopic (exact) mass is 835 g/mol. The number of amides is 1. The van der Waals surface area contributed by atoms with Gasteiger partial charge < -0.3 is 71.8 Å². The average molecular weight is 835 g/mol. The zero-order valence-corrected chi connectivity index (χ0v) is 36.0. The lowest BCUT2D eigenvalue weighted by Crippen LogP contribution is -2.36. The second kappa shape index (κ2) is 38.5. The van der Waals surface area contributed by atoms with Gasteiger partial charge in [-0.05, 0) is 51.5 Å². The lowest BCUT2D eigenvalue weighted by atomic mass is 10.2. The van der Waals surface area contributed by atoms with Crippen molar-refractivity contribution in [1.29, 1.82) is 0 Å². The Kier molecular flexibility index (Phi) is 35.4. The van der Waals surface area contributed by atoms with Crippen LogP contribution >= 0.6 is 0 Å². The number of rotatable bonds is 41. The van der Waals surface area contributed by atoms with Gasteiger partial charge in [0.2, 0.25) is 0 Å². The van der Waals surface area contributed by atoms with Gasteiger partial charge in [-0.25, -0.2) is 9.59 Å². The van der Waals surface area contributed by atoms with Crippen molar-refractivity contribution in [3.05, 3.63) is 29.8 Å². The van der Waals surface area contributed by atoms with Crippen LogP contribution in [0.4, 0.5) is 10.5 Å². The molecule has 0 spiro atoms. The van der Waals surface area contributed by atoms with Gasteiger partial charge >= 0.3 is 12.1 Å². The molecule has 338 valence electrons. The van der Waals surface area contributed by atoms with E-state index in [-0.39, 0.29) is 18.7 Å². The fraction of sp³-hybridized carbons (Fsp3) is 0.805. The Bertz CT molecular complexity index is 1080. The summed E-state index contributed by atoms with van der Waals surface area (Å²) in [5, 5.41) is 3.32. The minimum Gasteiger partial charge on any atom is -0.460 e. The van der Waals surface area contributed by atoms with E-state index in [0.29, 0.717) is 157 Å². The van der Waals surface area contributed by atoms with Gasteiger partial charge in [0.25, 0.3) is 0 Å². The third-order valence-electron chi connectivity index (χ3n) is 7.44. The molecule has 1 amide bonds. The number of benzene rings is 1. The van der Waals surface area contributed by atoms with Gasteiger partial charge in [-0.2, -0.15) is 0 Å². The zero-order valence-electron chi connectivity index (χ0n) is 36.0. The fourth-order valence-corrected chi connectivity index (χ4v) is 4.34. The van der Waals surface area contributed by atoms with Crippen molar-refractivity contribution in [2.24, 2.45) is 0 Å². The van der Waals surface area contributed by atoms with E-state index in [1.807, 2.05) is 32.9 Å². The summed E-state index contributed by atoms with van der Waals surface area (Å²) in [6.45, 7) is 19.2. The molecule has 0 unspecified atom stereocenters. The predicted molar refractivity (Wildman–Crippen MR) is 218 cm³/mol. The Balaban J connectivity index is 1.69. The second-order valence-corrected chi connectivity index (χ2v) is 13.6. The van der Waals surface area contributed by atoms with Gasteiger partial charge in [-0.15, -0.1) is 0 Å². The molecule has 0 heterocycles. The van der Waals surface area contributed by atoms with Gasteiger partial charge in [0.05, 0.1) is 151 Å². The molecule has 0 aliphatic rings. The highest BCUT2D eigenvalue weighted by atomic mass is 16.6. The molecule has 17 nitrogen and oxygen atoms in total. The summed E-state index contributed by atoms with van der Waals surface area (Å²) in [6.07, 6.45) is 1.87. The lowest BCUT2D eigenvalue weighted by molar-refractivity contribution is -0.0282. The highest BCUT2D eigenvalue weighted by Gasteiger charge is 2.19. The van der Waals surface area contributed by atoms with Crippen LogP contribution in [0.2, 0.25) is 0 Å². The fourth-order valence-electron chi connectivity index (χ4n) is 4.34. The average Bonchev–Trinajstić information content (AvgIpc) is 3.20. The molecule has 17 heteroatoms. The number of nitrogens with zero attached hydrogens (tertiary/aromatic N) is 1. The summed E-state index contributed by atoms with van der Waals surface area (Å²) in [6, 6.07) is 7.28. The van der Waals surface area contributed by atoms with E-state index in [1.54, 1.807) is 19.2 Å². The van der Waals surface area contributed by atoms with Crippen LogP contribution in [0, 0.1) is 0 Å². The molecule has 0 saturated carbocycles. The maximum atomic E-state index is 12.1. The predicted octanol–water partition coefficient (Wildman–Crippen LogP) is 4.10. The Morgan fingerprint density at radius 1 is 0.517 bits per heavy atom. The van der Waals surface area contributed by atoms with Crippen LogP contribution < -0.4 is 5.32 Å². The molecule has 1 aromatic rings. The minimum atomic E-state index is -0.516. The molecule has 1 aromatic carbocycles. The summed E-state index contributed by atoms with van der Waals surface area (Å²) in [5.41, 5.74) is 0.990. The number of carbonyl (C=O) groups is 2. The molecule has 0 saturated heterocycles. The van der Waals surface area contributed by atoms with Crippen molar-refractivity contribution in [3.8, 4) is 0 Å². The van der Waals surface area contributed by atoms with E-state index in [0.717, 1.165) is 25.1 Å². The largest absolute Gasteiger partial charge is 0.460 e. The van der Waals surface area contributed by atoms with Crippen molar-refractivity contribution >= 4 is 17.7 Å². The van der Waals surface area contributed by atoms with E-state index in [4.69, 9.17) is 61.6 Å². The van der Waals surface area contributed by atoms with E-state index in [9.17, 15) is 9.59 Å². The van der Waals surface area contributed by atoms with Gasteiger partial charge in [-0.1, -0.05) is 13.3 Å². The number of esters is 1. The van der Waals surface area contributed by atoms with Crippen molar-refractivity contribution < 1.29 is 71.2 Å². The quantitative estimate of drug-likeness (QED) is 0.0739. The van der Waals surface area contributed by atoms with Crippen molar-refractivity contribution in [2.45, 2.75) is 46.1 Å². The number of carbonyl (C=O) groups excluding carboxylic acids is 2. The first kappa shape index (κ1) is 53.3. The minimum absolute atomic E-state index is 0.184. The number of anilines is 1. The topological polar surface area (TPSA) is 169 Å². The molecule has 58 heavy (non-hydrogen) atoms. The smallest absolute Gasteiger partial charge is 0.410 e. The SMILES string of the molecule is CCCCNc1ccc(C(=O)OCCOCCOCCOCCOCCOCCOCCOCCOCCOCCOCCOCCN(C)C(=O)OC(C)(C)C)cc1. The van der Waals surface area contributed by atoms with Crippen molar-refractivity contribution in [2.75, 3.05) is 177 Å². The van der Waals surface area contributed by atoms with Gasteiger partial charge in [-0.3, -0.25) is 0 Å². The number of likely N-dealkylation sites (N-methyl/N-ethyl adjacent to an activating group) is 1. The van der Waals surface area contributed by atoms with E-state index in [1.165, 1.54) is 4.90 Å². The van der Waals surface area contributed by atoms with E-state index >= 15 is 0 Å². The number of unbranched alkanes of at least 4 members (excludes halogenated alkanes) is 1. The lowest BCUT2D eigenvalue weighted by Gasteiger charge is -2.24. The molecule has 0 aliphatic heterocycles. The first-order valence-electron chi connectivity index (χ1n) is 20.5. The van der Waals surface area contributed by atoms with Gasteiger partial charge in [0, 0.05) is 25.8 Å². The Hall–Kier alpha value is -2.68.